The Morgan fingerprint density at radius 3 is 2.15 bits per heavy atom. The fourth-order valence-electron chi connectivity index (χ4n) is 6.74. The topological polar surface area (TPSA) is 36.9 Å². The zero-order valence-corrected chi connectivity index (χ0v) is 20.6. The molecule has 0 N–H and O–H groups in total. The van der Waals surface area contributed by atoms with Crippen molar-refractivity contribution in [3.05, 3.63) is 90.3 Å². The lowest BCUT2D eigenvalue weighted by molar-refractivity contribution is 0.0272. The van der Waals surface area contributed by atoms with Crippen LogP contribution in [0.5, 0.6) is 23.0 Å². The Balaban J connectivity index is 1.85. The molecule has 178 valence electrons. The molecule has 0 radical (unpaired) electrons. The molecule has 4 heteroatoms. The highest BCUT2D eigenvalue weighted by Gasteiger charge is 2.68. The minimum absolute atomic E-state index is 0.0997. The normalized spacial score (nSPS) is 29.2. The van der Waals surface area contributed by atoms with Crippen molar-refractivity contribution in [2.24, 2.45) is 11.8 Å². The van der Waals surface area contributed by atoms with Gasteiger partial charge in [-0.25, -0.2) is 0 Å². The average Bonchev–Trinajstić information content (AvgIpc) is 3.26. The highest BCUT2D eigenvalue weighted by Crippen LogP contribution is 2.73. The SMILES string of the molecule is [CH2-]C12c3c(OC)cc(OC)cc3OC1(c1ccc(OC)cc1)C(c1ccccc1)C(CC)C2C. The van der Waals surface area contributed by atoms with Gasteiger partial charge in [0.05, 0.1) is 21.3 Å². The van der Waals surface area contributed by atoms with Gasteiger partial charge in [-0.05, 0) is 29.2 Å². The summed E-state index contributed by atoms with van der Waals surface area (Å²) in [7, 11) is 5.06. The first kappa shape index (κ1) is 22.6. The van der Waals surface area contributed by atoms with E-state index in [4.69, 9.17) is 25.9 Å². The molecule has 4 nitrogen and oxygen atoms in total. The third-order valence-electron chi connectivity index (χ3n) is 8.31. The first-order valence-corrected chi connectivity index (χ1v) is 12.0. The maximum atomic E-state index is 7.17. The summed E-state index contributed by atoms with van der Waals surface area (Å²) in [5, 5.41) is 0. The van der Waals surface area contributed by atoms with Crippen molar-refractivity contribution in [3.63, 3.8) is 0 Å². The van der Waals surface area contributed by atoms with Gasteiger partial charge in [0, 0.05) is 23.6 Å². The molecule has 1 heterocycles. The zero-order chi connectivity index (χ0) is 24.1. The van der Waals surface area contributed by atoms with Crippen molar-refractivity contribution in [3.8, 4) is 23.0 Å². The van der Waals surface area contributed by atoms with Crippen LogP contribution in [0.15, 0.2) is 66.7 Å². The van der Waals surface area contributed by atoms with E-state index in [0.29, 0.717) is 11.7 Å². The van der Waals surface area contributed by atoms with Gasteiger partial charge in [-0.3, -0.25) is 0 Å². The molecular weight excluding hydrogens is 424 g/mol. The monoisotopic (exact) mass is 457 g/mol. The van der Waals surface area contributed by atoms with Crippen LogP contribution in [0.2, 0.25) is 0 Å². The van der Waals surface area contributed by atoms with Crippen molar-refractivity contribution < 1.29 is 18.9 Å². The molecule has 3 aromatic carbocycles. The third-order valence-corrected chi connectivity index (χ3v) is 8.31. The summed E-state index contributed by atoms with van der Waals surface area (Å²) in [6, 6.07) is 23.0. The van der Waals surface area contributed by atoms with E-state index in [-0.39, 0.29) is 11.8 Å². The highest BCUT2D eigenvalue weighted by molar-refractivity contribution is 5.64. The predicted octanol–water partition coefficient (Wildman–Crippen LogP) is 6.53. The molecule has 5 rings (SSSR count). The van der Waals surface area contributed by atoms with Gasteiger partial charge in [0.1, 0.15) is 28.6 Å². The van der Waals surface area contributed by atoms with Gasteiger partial charge in [0.15, 0.2) is 0 Å². The molecule has 5 atom stereocenters. The van der Waals surface area contributed by atoms with Crippen LogP contribution in [0.4, 0.5) is 0 Å². The number of methoxy groups -OCH3 is 3. The minimum atomic E-state index is -0.720. The van der Waals surface area contributed by atoms with Gasteiger partial charge >= 0.3 is 0 Å². The van der Waals surface area contributed by atoms with Crippen LogP contribution in [-0.4, -0.2) is 21.3 Å². The molecule has 1 fully saturated rings. The summed E-state index contributed by atoms with van der Waals surface area (Å²) in [5.74, 6) is 3.76. The lowest BCUT2D eigenvalue weighted by Crippen LogP contribution is -2.48. The number of hydrogen-bond acceptors (Lipinski definition) is 4. The van der Waals surface area contributed by atoms with Gasteiger partial charge < -0.3 is 25.9 Å². The molecule has 1 saturated carbocycles. The second-order valence-corrected chi connectivity index (χ2v) is 9.49. The fourth-order valence-corrected chi connectivity index (χ4v) is 6.74. The molecule has 3 aromatic rings. The molecule has 0 aromatic heterocycles. The summed E-state index contributed by atoms with van der Waals surface area (Å²) in [5.41, 5.74) is 2.09. The summed E-state index contributed by atoms with van der Waals surface area (Å²) in [6.45, 7) is 9.60. The van der Waals surface area contributed by atoms with Crippen LogP contribution < -0.4 is 18.9 Å². The largest absolute Gasteiger partial charge is 0.497 e. The molecule has 34 heavy (non-hydrogen) atoms. The van der Waals surface area contributed by atoms with Gasteiger partial charge in [0.25, 0.3) is 0 Å². The van der Waals surface area contributed by atoms with E-state index in [1.165, 1.54) is 5.56 Å². The van der Waals surface area contributed by atoms with E-state index in [0.717, 1.165) is 34.8 Å². The summed E-state index contributed by atoms with van der Waals surface area (Å²) >= 11 is 0. The van der Waals surface area contributed by atoms with Crippen molar-refractivity contribution in [2.75, 3.05) is 21.3 Å². The molecule has 0 amide bonds. The van der Waals surface area contributed by atoms with Crippen LogP contribution in [0.1, 0.15) is 42.9 Å². The molecule has 0 bridgehead atoms. The Morgan fingerprint density at radius 1 is 0.882 bits per heavy atom. The van der Waals surface area contributed by atoms with Gasteiger partial charge in [-0.2, -0.15) is 0 Å². The standard InChI is InChI=1S/C30H33O4/c1-7-24-19(2)29(3)28-25(33-6)17-23(32-5)18-26(28)34-30(29,21-13-15-22(31-4)16-14-21)27(24)20-11-9-8-10-12-20/h8-19,24,27H,3,7H2,1-2,4-6H3/q-1. The number of fused-ring (bicyclic) bond motifs is 3. The third kappa shape index (κ3) is 2.84. The van der Waals surface area contributed by atoms with Crippen molar-refractivity contribution in [1.29, 1.82) is 0 Å². The van der Waals surface area contributed by atoms with Crippen molar-refractivity contribution in [2.45, 2.75) is 37.2 Å². The minimum Gasteiger partial charge on any atom is -0.497 e. The number of ether oxygens (including phenoxy) is 4. The average molecular weight is 458 g/mol. The van der Waals surface area contributed by atoms with E-state index in [1.807, 2.05) is 24.3 Å². The van der Waals surface area contributed by atoms with Gasteiger partial charge in [-0.15, -0.1) is 0 Å². The van der Waals surface area contributed by atoms with E-state index >= 15 is 0 Å². The van der Waals surface area contributed by atoms with E-state index in [9.17, 15) is 0 Å². The summed E-state index contributed by atoms with van der Waals surface area (Å²) < 4.78 is 24.2. The molecule has 0 spiro atoms. The molecule has 1 aliphatic heterocycles. The van der Waals surface area contributed by atoms with Crippen LogP contribution in [0.3, 0.4) is 0 Å². The van der Waals surface area contributed by atoms with E-state index < -0.39 is 11.0 Å². The number of benzene rings is 3. The fraction of sp³-hybridized carbons (Fsp3) is 0.367. The Bertz CT molecular complexity index is 1170. The lowest BCUT2D eigenvalue weighted by atomic mass is 9.63. The van der Waals surface area contributed by atoms with E-state index in [1.54, 1.807) is 21.3 Å². The zero-order valence-electron chi connectivity index (χ0n) is 20.6. The van der Waals surface area contributed by atoms with Crippen molar-refractivity contribution >= 4 is 0 Å². The summed E-state index contributed by atoms with van der Waals surface area (Å²) in [6.07, 6.45) is 1.02. The quantitative estimate of drug-likeness (QED) is 0.394. The second-order valence-electron chi connectivity index (χ2n) is 9.49. The van der Waals surface area contributed by atoms with Gasteiger partial charge in [0.2, 0.25) is 0 Å². The van der Waals surface area contributed by atoms with Crippen LogP contribution in [0, 0.1) is 18.8 Å². The van der Waals surface area contributed by atoms with Crippen LogP contribution in [0.25, 0.3) is 0 Å². The number of rotatable bonds is 6. The Hall–Kier alpha value is -3.14. The van der Waals surface area contributed by atoms with Crippen LogP contribution in [-0.2, 0) is 11.0 Å². The smallest absolute Gasteiger partial charge is 0.129 e. The number of hydrogen-bond donors (Lipinski definition) is 0. The summed E-state index contributed by atoms with van der Waals surface area (Å²) in [4.78, 5) is 0. The Morgan fingerprint density at radius 2 is 1.56 bits per heavy atom. The molecule has 5 unspecified atom stereocenters. The molecule has 2 aliphatic rings. The van der Waals surface area contributed by atoms with Crippen molar-refractivity contribution in [1.82, 2.24) is 0 Å². The van der Waals surface area contributed by atoms with Crippen LogP contribution >= 0.6 is 0 Å². The molecule has 1 aliphatic carbocycles. The van der Waals surface area contributed by atoms with Gasteiger partial charge in [-0.1, -0.05) is 74.1 Å². The lowest BCUT2D eigenvalue weighted by Gasteiger charge is -2.48. The highest BCUT2D eigenvalue weighted by atomic mass is 16.5. The molecular formula is C30H33O4-. The maximum absolute atomic E-state index is 7.17. The first-order chi connectivity index (χ1) is 16.5. The van der Waals surface area contributed by atoms with E-state index in [2.05, 4.69) is 56.3 Å². The first-order valence-electron chi connectivity index (χ1n) is 12.0. The molecule has 0 saturated heterocycles. The predicted molar refractivity (Wildman–Crippen MR) is 134 cm³/mol. The Labute approximate surface area is 202 Å². The Kier molecular flexibility index (Phi) is 5.50. The second kappa shape index (κ2) is 8.26. The maximum Gasteiger partial charge on any atom is 0.129 e.